The van der Waals surface area contributed by atoms with E-state index in [1.165, 1.54) is 4.90 Å². The molecule has 0 radical (unpaired) electrons. The largest absolute Gasteiger partial charge is 0.448 e. The third kappa shape index (κ3) is 3.65. The van der Waals surface area contributed by atoms with Gasteiger partial charge in [-0.25, -0.2) is 4.79 Å². The molecule has 1 aliphatic heterocycles. The Morgan fingerprint density at radius 2 is 2.17 bits per heavy atom. The third-order valence-corrected chi connectivity index (χ3v) is 3.72. The van der Waals surface area contributed by atoms with Gasteiger partial charge in [-0.3, -0.25) is 9.69 Å². The number of ether oxygens (including phenoxy) is 1. The number of hydrogen-bond acceptors (Lipinski definition) is 6. The van der Waals surface area contributed by atoms with Crippen molar-refractivity contribution in [2.75, 3.05) is 19.7 Å². The lowest BCUT2D eigenvalue weighted by Gasteiger charge is -2.14. The normalized spacial score (nSPS) is 15.2. The van der Waals surface area contributed by atoms with Crippen LogP contribution in [-0.2, 0) is 9.53 Å². The van der Waals surface area contributed by atoms with Crippen LogP contribution in [0.5, 0.6) is 0 Å². The first-order valence-electron chi connectivity index (χ1n) is 7.33. The van der Waals surface area contributed by atoms with Gasteiger partial charge in [0.05, 0.1) is 6.54 Å². The maximum absolute atomic E-state index is 12.0. The minimum Gasteiger partial charge on any atom is -0.448 e. The smallest absolute Gasteiger partial charge is 0.410 e. The maximum Gasteiger partial charge on any atom is 0.410 e. The summed E-state index contributed by atoms with van der Waals surface area (Å²) in [6.45, 7) is 2.36. The molecular formula is C15H15ClN4O4. The summed E-state index contributed by atoms with van der Waals surface area (Å²) < 4.78 is 9.96. The molecule has 1 fully saturated rings. The molecule has 2 amide bonds. The van der Waals surface area contributed by atoms with Gasteiger partial charge in [-0.15, -0.1) is 0 Å². The van der Waals surface area contributed by atoms with Crippen LogP contribution in [0.15, 0.2) is 28.8 Å². The van der Waals surface area contributed by atoms with Crippen LogP contribution in [0.25, 0.3) is 11.4 Å². The number of rotatable bonds is 5. The van der Waals surface area contributed by atoms with E-state index in [4.69, 9.17) is 20.9 Å². The summed E-state index contributed by atoms with van der Waals surface area (Å²) in [5.74, 6) is 0.357. The molecule has 1 atom stereocenters. The monoisotopic (exact) mass is 350 g/mol. The van der Waals surface area contributed by atoms with Crippen molar-refractivity contribution in [2.45, 2.75) is 13.0 Å². The molecule has 0 unspecified atom stereocenters. The summed E-state index contributed by atoms with van der Waals surface area (Å²) in [5, 5.41) is 7.22. The Balaban J connectivity index is 1.61. The fourth-order valence-corrected chi connectivity index (χ4v) is 2.34. The van der Waals surface area contributed by atoms with Crippen LogP contribution < -0.4 is 5.32 Å². The number of benzene rings is 1. The number of nitrogens with zero attached hydrogens (tertiary/aromatic N) is 3. The number of hydrogen-bond donors (Lipinski definition) is 1. The Bertz CT molecular complexity index is 746. The molecule has 0 bridgehead atoms. The summed E-state index contributed by atoms with van der Waals surface area (Å²) in [7, 11) is 0. The average molecular weight is 351 g/mol. The highest BCUT2D eigenvalue weighted by Crippen LogP contribution is 2.20. The number of carbonyl (C=O) groups excluding carboxylic acids is 2. The van der Waals surface area contributed by atoms with Crippen LogP contribution in [0.4, 0.5) is 4.79 Å². The van der Waals surface area contributed by atoms with Crippen LogP contribution in [0.2, 0.25) is 5.02 Å². The van der Waals surface area contributed by atoms with E-state index in [0.29, 0.717) is 24.0 Å². The molecule has 0 aliphatic carbocycles. The topological polar surface area (TPSA) is 97.6 Å². The Morgan fingerprint density at radius 1 is 1.42 bits per heavy atom. The second-order valence-electron chi connectivity index (χ2n) is 5.29. The molecule has 24 heavy (non-hydrogen) atoms. The van der Waals surface area contributed by atoms with Crippen molar-refractivity contribution in [3.05, 3.63) is 35.2 Å². The summed E-state index contributed by atoms with van der Waals surface area (Å²) in [4.78, 5) is 28.9. The van der Waals surface area contributed by atoms with E-state index in [-0.39, 0.29) is 18.3 Å². The van der Waals surface area contributed by atoms with Crippen molar-refractivity contribution in [3.63, 3.8) is 0 Å². The molecule has 1 aliphatic rings. The van der Waals surface area contributed by atoms with Crippen LogP contribution in [0, 0.1) is 0 Å². The van der Waals surface area contributed by atoms with Gasteiger partial charge in [0.15, 0.2) is 0 Å². The summed E-state index contributed by atoms with van der Waals surface area (Å²) in [6.07, 6.45) is -0.486. The second kappa shape index (κ2) is 6.88. The van der Waals surface area contributed by atoms with Gasteiger partial charge in [-0.1, -0.05) is 16.8 Å². The number of halogens is 1. The molecule has 2 aromatic rings. The molecule has 2 heterocycles. The van der Waals surface area contributed by atoms with E-state index >= 15 is 0 Å². The molecule has 1 aromatic heterocycles. The lowest BCUT2D eigenvalue weighted by Crippen LogP contribution is -2.38. The van der Waals surface area contributed by atoms with Crippen LogP contribution in [0.3, 0.4) is 0 Å². The van der Waals surface area contributed by atoms with Gasteiger partial charge in [-0.2, -0.15) is 4.98 Å². The predicted molar refractivity (Wildman–Crippen MR) is 84.2 cm³/mol. The van der Waals surface area contributed by atoms with Gasteiger partial charge in [0, 0.05) is 10.6 Å². The lowest BCUT2D eigenvalue weighted by molar-refractivity contribution is -0.122. The van der Waals surface area contributed by atoms with Crippen LogP contribution >= 0.6 is 11.6 Å². The number of nitrogens with one attached hydrogen (secondary N) is 1. The van der Waals surface area contributed by atoms with Crippen molar-refractivity contribution < 1.29 is 18.8 Å². The Hall–Kier alpha value is -2.61. The minimum absolute atomic E-state index is 0.0681. The Kier molecular flexibility index (Phi) is 4.66. The van der Waals surface area contributed by atoms with Gasteiger partial charge < -0.3 is 14.6 Å². The molecule has 8 nitrogen and oxygen atoms in total. The van der Waals surface area contributed by atoms with E-state index in [2.05, 4.69) is 15.5 Å². The lowest BCUT2D eigenvalue weighted by atomic mass is 10.2. The zero-order valence-corrected chi connectivity index (χ0v) is 13.6. The maximum atomic E-state index is 12.0. The molecule has 126 valence electrons. The summed E-state index contributed by atoms with van der Waals surface area (Å²) in [6, 6.07) is 6.53. The minimum atomic E-state index is -0.486. The number of carbonyl (C=O) groups is 2. The summed E-state index contributed by atoms with van der Waals surface area (Å²) in [5.41, 5.74) is 0.757. The van der Waals surface area contributed by atoms with E-state index in [9.17, 15) is 9.59 Å². The molecule has 0 spiro atoms. The Labute approximate surface area is 142 Å². The van der Waals surface area contributed by atoms with Crippen molar-refractivity contribution in [1.29, 1.82) is 0 Å². The zero-order chi connectivity index (χ0) is 17.1. The zero-order valence-electron chi connectivity index (χ0n) is 12.9. The van der Waals surface area contributed by atoms with Crippen molar-refractivity contribution in [1.82, 2.24) is 20.4 Å². The molecule has 1 N–H and O–H groups in total. The van der Waals surface area contributed by atoms with E-state index in [0.717, 1.165) is 5.56 Å². The number of aromatic nitrogens is 2. The second-order valence-corrected chi connectivity index (χ2v) is 5.72. The predicted octanol–water partition coefficient (Wildman–Crippen LogP) is 2.02. The SMILES string of the molecule is C[C@H](NC(=O)CN1CCOC1=O)c1nc(-c2ccc(Cl)cc2)no1. The number of amides is 2. The first-order chi connectivity index (χ1) is 11.5. The fourth-order valence-electron chi connectivity index (χ4n) is 2.22. The highest BCUT2D eigenvalue weighted by atomic mass is 35.5. The van der Waals surface area contributed by atoms with E-state index in [1.54, 1.807) is 31.2 Å². The van der Waals surface area contributed by atoms with Gasteiger partial charge in [0.25, 0.3) is 0 Å². The average Bonchev–Trinajstić information content (AvgIpc) is 3.18. The van der Waals surface area contributed by atoms with Gasteiger partial charge in [-0.05, 0) is 31.2 Å². The van der Waals surface area contributed by atoms with Gasteiger partial charge in [0.2, 0.25) is 17.6 Å². The summed E-state index contributed by atoms with van der Waals surface area (Å²) >= 11 is 5.84. The van der Waals surface area contributed by atoms with Crippen LogP contribution in [-0.4, -0.2) is 46.7 Å². The molecular weight excluding hydrogens is 336 g/mol. The quantitative estimate of drug-likeness (QED) is 0.886. The van der Waals surface area contributed by atoms with E-state index in [1.807, 2.05) is 0 Å². The van der Waals surface area contributed by atoms with Crippen LogP contribution in [0.1, 0.15) is 18.9 Å². The molecule has 3 rings (SSSR count). The molecule has 1 aromatic carbocycles. The Morgan fingerprint density at radius 3 is 2.83 bits per heavy atom. The first kappa shape index (κ1) is 16.3. The van der Waals surface area contributed by atoms with Gasteiger partial charge in [0.1, 0.15) is 19.2 Å². The standard InChI is InChI=1S/C15H15ClN4O4/c1-9(17-12(21)8-20-6-7-23-15(20)22)14-18-13(19-24-14)10-2-4-11(16)5-3-10/h2-5,9H,6-8H2,1H3,(H,17,21)/t9-/m0/s1. The molecule has 1 saturated heterocycles. The number of cyclic esters (lactones) is 1. The highest BCUT2D eigenvalue weighted by Gasteiger charge is 2.25. The molecule has 0 saturated carbocycles. The molecule has 9 heteroatoms. The third-order valence-electron chi connectivity index (χ3n) is 3.47. The highest BCUT2D eigenvalue weighted by molar-refractivity contribution is 6.30. The fraction of sp³-hybridized carbons (Fsp3) is 0.333. The van der Waals surface area contributed by atoms with Crippen molar-refractivity contribution in [2.24, 2.45) is 0 Å². The van der Waals surface area contributed by atoms with Gasteiger partial charge >= 0.3 is 6.09 Å². The van der Waals surface area contributed by atoms with Crippen molar-refractivity contribution >= 4 is 23.6 Å². The first-order valence-corrected chi connectivity index (χ1v) is 7.71. The van der Waals surface area contributed by atoms with E-state index < -0.39 is 12.1 Å². The van der Waals surface area contributed by atoms with Crippen molar-refractivity contribution in [3.8, 4) is 11.4 Å².